The van der Waals surface area contributed by atoms with Crippen molar-refractivity contribution in [1.82, 2.24) is 15.2 Å². The Morgan fingerprint density at radius 1 is 1.41 bits per heavy atom. The Labute approximate surface area is 102 Å². The Kier molecular flexibility index (Phi) is 3.29. The first kappa shape index (κ1) is 11.5. The number of rotatable bonds is 3. The zero-order valence-corrected chi connectivity index (χ0v) is 10.2. The minimum atomic E-state index is -0.265. The number of aromatic nitrogens is 3. The standard InChI is InChI=1S/C10H11N5OS/c1-6-5-12-4-3-7(6)13-8(16)9-14-15-10(11-2)17-9/h3-5H,1-2H3,(H,11,15)(H,12,13,16). The molecule has 6 nitrogen and oxygen atoms in total. The second-order valence-corrected chi connectivity index (χ2v) is 4.28. The SMILES string of the molecule is CNc1nnc(C(=O)Nc2ccncc2C)s1. The minimum absolute atomic E-state index is 0.265. The van der Waals surface area contributed by atoms with Crippen molar-refractivity contribution in [1.29, 1.82) is 0 Å². The first-order chi connectivity index (χ1) is 8.20. The maximum atomic E-state index is 11.8. The van der Waals surface area contributed by atoms with Crippen LogP contribution in [0.3, 0.4) is 0 Å². The fourth-order valence-electron chi connectivity index (χ4n) is 1.21. The molecule has 0 unspecified atom stereocenters. The van der Waals surface area contributed by atoms with Crippen molar-refractivity contribution < 1.29 is 4.79 Å². The molecule has 7 heteroatoms. The van der Waals surface area contributed by atoms with E-state index < -0.39 is 0 Å². The molecule has 1 amide bonds. The van der Waals surface area contributed by atoms with E-state index in [0.29, 0.717) is 10.1 Å². The van der Waals surface area contributed by atoms with Gasteiger partial charge in [0.2, 0.25) is 10.1 Å². The quantitative estimate of drug-likeness (QED) is 0.862. The van der Waals surface area contributed by atoms with Gasteiger partial charge < -0.3 is 10.6 Å². The first-order valence-corrected chi connectivity index (χ1v) is 5.75. The number of hydrogen-bond donors (Lipinski definition) is 2. The number of anilines is 2. The fraction of sp³-hybridized carbons (Fsp3) is 0.200. The Bertz CT molecular complexity index is 539. The van der Waals surface area contributed by atoms with Gasteiger partial charge in [0.05, 0.1) is 0 Å². The molecule has 0 fully saturated rings. The van der Waals surface area contributed by atoms with E-state index in [4.69, 9.17) is 0 Å². The largest absolute Gasteiger partial charge is 0.363 e. The number of hydrogen-bond acceptors (Lipinski definition) is 6. The first-order valence-electron chi connectivity index (χ1n) is 4.94. The highest BCUT2D eigenvalue weighted by atomic mass is 32.1. The summed E-state index contributed by atoms with van der Waals surface area (Å²) in [6.45, 7) is 1.88. The monoisotopic (exact) mass is 249 g/mol. The van der Waals surface area contributed by atoms with Crippen LogP contribution in [0.25, 0.3) is 0 Å². The predicted octanol–water partition coefficient (Wildman–Crippen LogP) is 1.54. The van der Waals surface area contributed by atoms with Crippen LogP contribution < -0.4 is 10.6 Å². The number of nitrogens with zero attached hydrogens (tertiary/aromatic N) is 3. The Balaban J connectivity index is 2.14. The number of carbonyl (C=O) groups excluding carboxylic acids is 1. The van der Waals surface area contributed by atoms with Gasteiger partial charge in [0.1, 0.15) is 0 Å². The molecular formula is C10H11N5OS. The summed E-state index contributed by atoms with van der Waals surface area (Å²) in [5, 5.41) is 14.1. The third kappa shape index (κ3) is 2.56. The van der Waals surface area contributed by atoms with Gasteiger partial charge in [-0.1, -0.05) is 11.3 Å². The summed E-state index contributed by atoms with van der Waals surface area (Å²) in [7, 11) is 1.73. The fourth-order valence-corrected chi connectivity index (χ4v) is 1.80. The molecule has 88 valence electrons. The summed E-state index contributed by atoms with van der Waals surface area (Å²) in [5.41, 5.74) is 1.63. The molecule has 0 aromatic carbocycles. The maximum absolute atomic E-state index is 11.8. The van der Waals surface area contributed by atoms with E-state index in [1.807, 2.05) is 6.92 Å². The van der Waals surface area contributed by atoms with Crippen LogP contribution in [0.1, 0.15) is 15.4 Å². The zero-order valence-electron chi connectivity index (χ0n) is 9.39. The van der Waals surface area contributed by atoms with Crippen LogP contribution in [0.4, 0.5) is 10.8 Å². The van der Waals surface area contributed by atoms with Crippen molar-refractivity contribution >= 4 is 28.1 Å². The van der Waals surface area contributed by atoms with Gasteiger partial charge >= 0.3 is 0 Å². The van der Waals surface area contributed by atoms with E-state index in [0.717, 1.165) is 11.3 Å². The number of aryl methyl sites for hydroxylation is 1. The van der Waals surface area contributed by atoms with E-state index in [2.05, 4.69) is 25.8 Å². The van der Waals surface area contributed by atoms with E-state index in [1.165, 1.54) is 11.3 Å². The smallest absolute Gasteiger partial charge is 0.286 e. The van der Waals surface area contributed by atoms with Crippen molar-refractivity contribution in [2.45, 2.75) is 6.92 Å². The maximum Gasteiger partial charge on any atom is 0.286 e. The normalized spacial score (nSPS) is 10.0. The van der Waals surface area contributed by atoms with Crippen LogP contribution in [-0.2, 0) is 0 Å². The molecule has 2 rings (SSSR count). The molecular weight excluding hydrogens is 238 g/mol. The highest BCUT2D eigenvalue weighted by Gasteiger charge is 2.13. The number of pyridine rings is 1. The topological polar surface area (TPSA) is 79.8 Å². The molecule has 2 heterocycles. The van der Waals surface area contributed by atoms with Crippen LogP contribution in [0, 0.1) is 6.92 Å². The lowest BCUT2D eigenvalue weighted by Gasteiger charge is -2.04. The van der Waals surface area contributed by atoms with Gasteiger partial charge in [0.15, 0.2) is 0 Å². The van der Waals surface area contributed by atoms with E-state index in [1.54, 1.807) is 25.5 Å². The van der Waals surface area contributed by atoms with Crippen LogP contribution in [0.2, 0.25) is 0 Å². The van der Waals surface area contributed by atoms with Gasteiger partial charge in [0, 0.05) is 25.1 Å². The van der Waals surface area contributed by atoms with Crippen LogP contribution >= 0.6 is 11.3 Å². The molecule has 2 aromatic rings. The summed E-state index contributed by atoms with van der Waals surface area (Å²) in [6.07, 6.45) is 3.32. The third-order valence-electron chi connectivity index (χ3n) is 2.10. The average Bonchev–Trinajstić information content (AvgIpc) is 2.81. The Morgan fingerprint density at radius 3 is 2.88 bits per heavy atom. The molecule has 0 aliphatic heterocycles. The highest BCUT2D eigenvalue weighted by Crippen LogP contribution is 2.17. The molecule has 17 heavy (non-hydrogen) atoms. The summed E-state index contributed by atoms with van der Waals surface area (Å²) in [4.78, 5) is 15.8. The highest BCUT2D eigenvalue weighted by molar-refractivity contribution is 7.17. The van der Waals surface area contributed by atoms with Crippen LogP contribution in [-0.4, -0.2) is 28.1 Å². The van der Waals surface area contributed by atoms with Gasteiger partial charge in [-0.3, -0.25) is 9.78 Å². The summed E-state index contributed by atoms with van der Waals surface area (Å²) in [5.74, 6) is -0.265. The molecule has 0 bridgehead atoms. The second kappa shape index (κ2) is 4.88. The summed E-state index contributed by atoms with van der Waals surface area (Å²) >= 11 is 1.21. The number of nitrogens with one attached hydrogen (secondary N) is 2. The molecule has 2 aromatic heterocycles. The lowest BCUT2D eigenvalue weighted by atomic mass is 10.2. The molecule has 0 saturated heterocycles. The van der Waals surface area contributed by atoms with Gasteiger partial charge in [0.25, 0.3) is 5.91 Å². The van der Waals surface area contributed by atoms with Crippen molar-refractivity contribution in [2.75, 3.05) is 17.7 Å². The zero-order chi connectivity index (χ0) is 12.3. The number of amides is 1. The molecule has 0 spiro atoms. The molecule has 0 aliphatic carbocycles. The molecule has 0 atom stereocenters. The van der Waals surface area contributed by atoms with Crippen molar-refractivity contribution in [3.63, 3.8) is 0 Å². The Hall–Kier alpha value is -2.02. The van der Waals surface area contributed by atoms with Crippen LogP contribution in [0.5, 0.6) is 0 Å². The van der Waals surface area contributed by atoms with Gasteiger partial charge in [-0.25, -0.2) is 0 Å². The molecule has 0 saturated carbocycles. The lowest BCUT2D eigenvalue weighted by Crippen LogP contribution is -2.12. The van der Waals surface area contributed by atoms with Gasteiger partial charge in [-0.2, -0.15) is 0 Å². The second-order valence-electron chi connectivity index (χ2n) is 3.31. The van der Waals surface area contributed by atoms with Gasteiger partial charge in [-0.05, 0) is 18.6 Å². The number of carbonyl (C=O) groups is 1. The Morgan fingerprint density at radius 2 is 2.24 bits per heavy atom. The third-order valence-corrected chi connectivity index (χ3v) is 3.04. The minimum Gasteiger partial charge on any atom is -0.363 e. The van der Waals surface area contributed by atoms with E-state index in [9.17, 15) is 4.79 Å². The average molecular weight is 249 g/mol. The van der Waals surface area contributed by atoms with Crippen LogP contribution in [0.15, 0.2) is 18.5 Å². The molecule has 0 aliphatic rings. The van der Waals surface area contributed by atoms with Crippen molar-refractivity contribution in [3.05, 3.63) is 29.0 Å². The predicted molar refractivity (Wildman–Crippen MR) is 66.4 cm³/mol. The van der Waals surface area contributed by atoms with E-state index >= 15 is 0 Å². The lowest BCUT2D eigenvalue weighted by molar-refractivity contribution is 0.102. The summed E-state index contributed by atoms with van der Waals surface area (Å²) < 4.78 is 0. The molecule has 0 radical (unpaired) electrons. The van der Waals surface area contributed by atoms with E-state index in [-0.39, 0.29) is 5.91 Å². The summed E-state index contributed by atoms with van der Waals surface area (Å²) in [6, 6.07) is 1.74. The van der Waals surface area contributed by atoms with Gasteiger partial charge in [-0.15, -0.1) is 10.2 Å². The molecule has 2 N–H and O–H groups in total. The van der Waals surface area contributed by atoms with Crippen molar-refractivity contribution in [2.24, 2.45) is 0 Å². The van der Waals surface area contributed by atoms with Crippen molar-refractivity contribution in [3.8, 4) is 0 Å².